The number of para-hydroxylation sites is 1. The molecule has 1 unspecified atom stereocenters. The van der Waals surface area contributed by atoms with Gasteiger partial charge in [-0.05, 0) is 18.1 Å². The van der Waals surface area contributed by atoms with Crippen molar-refractivity contribution in [2.24, 2.45) is 0 Å². The summed E-state index contributed by atoms with van der Waals surface area (Å²) in [5, 5.41) is 11.6. The molecule has 4 heteroatoms. The van der Waals surface area contributed by atoms with Crippen molar-refractivity contribution < 1.29 is 0 Å². The Labute approximate surface area is 107 Å². The second-order valence-electron chi connectivity index (χ2n) is 4.78. The first-order chi connectivity index (χ1) is 8.90. The Morgan fingerprint density at radius 3 is 3.06 bits per heavy atom. The molecule has 0 bridgehead atoms. The van der Waals surface area contributed by atoms with Gasteiger partial charge in [0.15, 0.2) is 0 Å². The molecule has 0 saturated carbocycles. The molecule has 1 aliphatic heterocycles. The maximum atomic E-state index is 4.14. The zero-order valence-corrected chi connectivity index (χ0v) is 10.6. The van der Waals surface area contributed by atoms with Gasteiger partial charge in [-0.15, -0.1) is 10.2 Å². The number of nitrogens with one attached hydrogen (secondary N) is 1. The van der Waals surface area contributed by atoms with E-state index in [1.54, 1.807) is 6.33 Å². The van der Waals surface area contributed by atoms with Crippen LogP contribution in [0, 0.1) is 0 Å². The number of hydrogen-bond acceptors (Lipinski definition) is 3. The van der Waals surface area contributed by atoms with Crippen molar-refractivity contribution in [3.05, 3.63) is 36.2 Å². The van der Waals surface area contributed by atoms with Crippen LogP contribution in [0.1, 0.15) is 44.2 Å². The van der Waals surface area contributed by atoms with E-state index < -0.39 is 0 Å². The molecular formula is C14H18N4. The van der Waals surface area contributed by atoms with E-state index in [0.717, 1.165) is 12.4 Å². The van der Waals surface area contributed by atoms with Gasteiger partial charge in [0, 0.05) is 0 Å². The highest BCUT2D eigenvalue weighted by Crippen LogP contribution is 2.34. The van der Waals surface area contributed by atoms with E-state index in [0.29, 0.717) is 6.04 Å². The van der Waals surface area contributed by atoms with Crippen LogP contribution in [0.4, 0.5) is 5.95 Å². The first-order valence-electron chi connectivity index (χ1n) is 6.66. The zero-order chi connectivity index (χ0) is 12.4. The molecule has 2 aromatic rings. The SMILES string of the molecule is CCCCCC1Nc2nncn2-c2ccccc21. The Morgan fingerprint density at radius 1 is 1.28 bits per heavy atom. The van der Waals surface area contributed by atoms with E-state index >= 15 is 0 Å². The van der Waals surface area contributed by atoms with Gasteiger partial charge in [0.05, 0.1) is 11.7 Å². The molecule has 0 fully saturated rings. The van der Waals surface area contributed by atoms with E-state index in [4.69, 9.17) is 0 Å². The highest BCUT2D eigenvalue weighted by molar-refractivity contribution is 5.54. The average molecular weight is 242 g/mol. The molecule has 1 aromatic heterocycles. The van der Waals surface area contributed by atoms with E-state index in [-0.39, 0.29) is 0 Å². The van der Waals surface area contributed by atoms with Crippen molar-refractivity contribution in [3.63, 3.8) is 0 Å². The van der Waals surface area contributed by atoms with E-state index in [1.807, 2.05) is 4.57 Å². The lowest BCUT2D eigenvalue weighted by Crippen LogP contribution is -2.21. The number of rotatable bonds is 4. The van der Waals surface area contributed by atoms with Crippen molar-refractivity contribution in [1.29, 1.82) is 0 Å². The minimum Gasteiger partial charge on any atom is -0.347 e. The first-order valence-corrected chi connectivity index (χ1v) is 6.66. The molecule has 1 N–H and O–H groups in total. The van der Waals surface area contributed by atoms with Gasteiger partial charge in [-0.1, -0.05) is 44.4 Å². The van der Waals surface area contributed by atoms with E-state index in [9.17, 15) is 0 Å². The fraction of sp³-hybridized carbons (Fsp3) is 0.429. The second kappa shape index (κ2) is 4.80. The number of benzene rings is 1. The molecule has 4 nitrogen and oxygen atoms in total. The van der Waals surface area contributed by atoms with Gasteiger partial charge >= 0.3 is 0 Å². The number of aromatic nitrogens is 3. The van der Waals surface area contributed by atoms with Crippen LogP contribution in [0.15, 0.2) is 30.6 Å². The third-order valence-corrected chi connectivity index (χ3v) is 3.52. The lowest BCUT2D eigenvalue weighted by molar-refractivity contribution is 0.592. The molecular weight excluding hydrogens is 224 g/mol. The maximum absolute atomic E-state index is 4.14. The normalized spacial score (nSPS) is 16.8. The summed E-state index contributed by atoms with van der Waals surface area (Å²) in [6, 6.07) is 8.86. The highest BCUT2D eigenvalue weighted by atomic mass is 15.3. The predicted octanol–water partition coefficient (Wildman–Crippen LogP) is 3.31. The summed E-state index contributed by atoms with van der Waals surface area (Å²) in [4.78, 5) is 0. The fourth-order valence-corrected chi connectivity index (χ4v) is 2.57. The van der Waals surface area contributed by atoms with Gasteiger partial charge in [-0.3, -0.25) is 4.57 Å². The number of fused-ring (bicyclic) bond motifs is 3. The minimum absolute atomic E-state index is 0.365. The summed E-state index contributed by atoms with van der Waals surface area (Å²) in [5.41, 5.74) is 2.55. The van der Waals surface area contributed by atoms with Crippen molar-refractivity contribution in [2.75, 3.05) is 5.32 Å². The van der Waals surface area contributed by atoms with E-state index in [2.05, 4.69) is 46.7 Å². The summed E-state index contributed by atoms with van der Waals surface area (Å²) in [6.45, 7) is 2.23. The number of anilines is 1. The van der Waals surface area contributed by atoms with Crippen LogP contribution < -0.4 is 5.32 Å². The molecule has 0 saturated heterocycles. The van der Waals surface area contributed by atoms with Crippen molar-refractivity contribution >= 4 is 5.95 Å². The topological polar surface area (TPSA) is 42.7 Å². The average Bonchev–Trinajstić information content (AvgIpc) is 2.87. The molecule has 2 heterocycles. The molecule has 94 valence electrons. The van der Waals surface area contributed by atoms with Crippen molar-refractivity contribution in [1.82, 2.24) is 14.8 Å². The standard InChI is InChI=1S/C14H18N4/c1-2-3-4-8-12-11-7-5-6-9-13(11)18-10-15-17-14(18)16-12/h5-7,9-10,12H,2-4,8H2,1H3,(H,16,17). The summed E-state index contributed by atoms with van der Waals surface area (Å²) in [5.74, 6) is 0.857. The van der Waals surface area contributed by atoms with Crippen LogP contribution >= 0.6 is 0 Å². The third kappa shape index (κ3) is 1.88. The zero-order valence-electron chi connectivity index (χ0n) is 10.6. The number of nitrogens with zero attached hydrogens (tertiary/aromatic N) is 3. The Hall–Kier alpha value is -1.84. The molecule has 3 rings (SSSR count). The molecule has 1 aromatic carbocycles. The second-order valence-corrected chi connectivity index (χ2v) is 4.78. The maximum Gasteiger partial charge on any atom is 0.229 e. The fourth-order valence-electron chi connectivity index (χ4n) is 2.57. The lowest BCUT2D eigenvalue weighted by Gasteiger charge is -2.27. The molecule has 0 spiro atoms. The predicted molar refractivity (Wildman–Crippen MR) is 71.9 cm³/mol. The molecule has 0 amide bonds. The Morgan fingerprint density at radius 2 is 2.17 bits per heavy atom. The van der Waals surface area contributed by atoms with Gasteiger partial charge in [-0.25, -0.2) is 0 Å². The number of hydrogen-bond donors (Lipinski definition) is 1. The van der Waals surface area contributed by atoms with Crippen LogP contribution in [0.2, 0.25) is 0 Å². The monoisotopic (exact) mass is 242 g/mol. The number of unbranched alkanes of at least 4 members (excludes halogenated alkanes) is 2. The van der Waals surface area contributed by atoms with Crippen LogP contribution in [-0.4, -0.2) is 14.8 Å². The third-order valence-electron chi connectivity index (χ3n) is 3.52. The van der Waals surface area contributed by atoms with E-state index in [1.165, 1.54) is 30.5 Å². The van der Waals surface area contributed by atoms with Crippen LogP contribution in [0.25, 0.3) is 5.69 Å². The van der Waals surface area contributed by atoms with Crippen molar-refractivity contribution in [2.45, 2.75) is 38.6 Å². The highest BCUT2D eigenvalue weighted by Gasteiger charge is 2.23. The molecule has 0 radical (unpaired) electrons. The first kappa shape index (κ1) is 11.3. The van der Waals surface area contributed by atoms with Crippen LogP contribution in [-0.2, 0) is 0 Å². The summed E-state index contributed by atoms with van der Waals surface area (Å²) < 4.78 is 2.02. The summed E-state index contributed by atoms with van der Waals surface area (Å²) in [6.07, 6.45) is 6.70. The molecule has 18 heavy (non-hydrogen) atoms. The van der Waals surface area contributed by atoms with Gasteiger partial charge in [-0.2, -0.15) is 0 Å². The molecule has 1 aliphatic rings. The van der Waals surface area contributed by atoms with Gasteiger partial charge < -0.3 is 5.32 Å². The van der Waals surface area contributed by atoms with Crippen molar-refractivity contribution in [3.8, 4) is 5.69 Å². The minimum atomic E-state index is 0.365. The summed E-state index contributed by atoms with van der Waals surface area (Å²) in [7, 11) is 0. The largest absolute Gasteiger partial charge is 0.347 e. The van der Waals surface area contributed by atoms with Gasteiger partial charge in [0.1, 0.15) is 6.33 Å². The lowest BCUT2D eigenvalue weighted by atomic mass is 9.97. The van der Waals surface area contributed by atoms with Crippen LogP contribution in [0.5, 0.6) is 0 Å². The Balaban J connectivity index is 1.91. The smallest absolute Gasteiger partial charge is 0.229 e. The summed E-state index contributed by atoms with van der Waals surface area (Å²) >= 11 is 0. The van der Waals surface area contributed by atoms with Crippen LogP contribution in [0.3, 0.4) is 0 Å². The Kier molecular flexibility index (Phi) is 3.00. The van der Waals surface area contributed by atoms with Gasteiger partial charge in [0.2, 0.25) is 5.95 Å². The Bertz CT molecular complexity index is 532. The molecule has 1 atom stereocenters. The quantitative estimate of drug-likeness (QED) is 0.836. The molecule has 0 aliphatic carbocycles. The van der Waals surface area contributed by atoms with Gasteiger partial charge in [0.25, 0.3) is 0 Å².